The highest BCUT2D eigenvalue weighted by molar-refractivity contribution is 5.86. The molecule has 1 saturated heterocycles. The highest BCUT2D eigenvalue weighted by atomic mass is 16.6. The van der Waals surface area contributed by atoms with Crippen LogP contribution in [0.1, 0.15) is 40.2 Å². The van der Waals surface area contributed by atoms with E-state index in [1.807, 2.05) is 44.2 Å². The van der Waals surface area contributed by atoms with E-state index in [1.54, 1.807) is 25.7 Å². The molecule has 0 saturated carbocycles. The summed E-state index contributed by atoms with van der Waals surface area (Å²) in [6.07, 6.45) is -0.176. The van der Waals surface area contributed by atoms with Gasteiger partial charge in [0.1, 0.15) is 11.6 Å². The van der Waals surface area contributed by atoms with Crippen LogP contribution in [0.25, 0.3) is 0 Å². The summed E-state index contributed by atoms with van der Waals surface area (Å²) in [7, 11) is 0. The number of hydrogen-bond donors (Lipinski definition) is 1. The van der Waals surface area contributed by atoms with E-state index in [1.165, 1.54) is 0 Å². The molecule has 1 aromatic carbocycles. The van der Waals surface area contributed by atoms with Crippen LogP contribution in [0.2, 0.25) is 0 Å². The van der Waals surface area contributed by atoms with Crippen LogP contribution in [0.15, 0.2) is 30.3 Å². The third-order valence-electron chi connectivity index (χ3n) is 4.18. The summed E-state index contributed by atoms with van der Waals surface area (Å²) in [6.45, 7) is 10.8. The zero-order valence-electron chi connectivity index (χ0n) is 16.4. The third kappa shape index (κ3) is 5.73. The number of carbonyl (C=O) groups is 2. The number of hydrogen-bond acceptors (Lipinski definition) is 4. The van der Waals surface area contributed by atoms with Gasteiger partial charge in [-0.2, -0.15) is 0 Å². The lowest BCUT2D eigenvalue weighted by molar-refractivity contribution is -0.148. The summed E-state index contributed by atoms with van der Waals surface area (Å²) in [5.74, 6) is -0.118. The van der Waals surface area contributed by atoms with Crippen molar-refractivity contribution in [3.05, 3.63) is 35.9 Å². The van der Waals surface area contributed by atoms with Crippen molar-refractivity contribution < 1.29 is 19.1 Å². The van der Waals surface area contributed by atoms with Crippen molar-refractivity contribution in [1.29, 1.82) is 0 Å². The van der Waals surface area contributed by atoms with Crippen LogP contribution in [0, 0.1) is 0 Å². The van der Waals surface area contributed by atoms with E-state index in [-0.39, 0.29) is 5.91 Å². The predicted octanol–water partition coefficient (Wildman–Crippen LogP) is 2.76. The summed E-state index contributed by atoms with van der Waals surface area (Å²) < 4.78 is 10.9. The fourth-order valence-electron chi connectivity index (χ4n) is 2.95. The van der Waals surface area contributed by atoms with Crippen LogP contribution < -0.4 is 5.32 Å². The van der Waals surface area contributed by atoms with Crippen LogP contribution in [-0.4, -0.2) is 53.8 Å². The fourth-order valence-corrected chi connectivity index (χ4v) is 2.95. The summed E-state index contributed by atoms with van der Waals surface area (Å²) >= 11 is 0. The molecule has 0 aromatic heterocycles. The van der Waals surface area contributed by atoms with Crippen molar-refractivity contribution in [1.82, 2.24) is 10.2 Å². The van der Waals surface area contributed by atoms with Crippen LogP contribution in [0.4, 0.5) is 4.79 Å². The second-order valence-corrected chi connectivity index (χ2v) is 8.24. The Labute approximate surface area is 155 Å². The zero-order valence-corrected chi connectivity index (χ0v) is 16.4. The quantitative estimate of drug-likeness (QED) is 0.894. The van der Waals surface area contributed by atoms with Gasteiger partial charge in [-0.3, -0.25) is 4.79 Å². The molecule has 1 N–H and O–H groups in total. The first-order valence-electron chi connectivity index (χ1n) is 9.01. The first-order chi connectivity index (χ1) is 12.1. The molecule has 0 bridgehead atoms. The molecule has 1 fully saturated rings. The van der Waals surface area contributed by atoms with E-state index in [2.05, 4.69) is 5.32 Å². The number of nitrogens with zero attached hydrogens (tertiary/aromatic N) is 1. The molecule has 2 rings (SSSR count). The molecule has 6 nitrogen and oxygen atoms in total. The molecular weight excluding hydrogens is 332 g/mol. The van der Waals surface area contributed by atoms with Crippen LogP contribution in [-0.2, 0) is 20.7 Å². The van der Waals surface area contributed by atoms with E-state index in [0.29, 0.717) is 26.2 Å². The lowest BCUT2D eigenvalue weighted by Gasteiger charge is -2.43. The first kappa shape index (κ1) is 20.2. The first-order valence-corrected chi connectivity index (χ1v) is 9.01. The van der Waals surface area contributed by atoms with Gasteiger partial charge in [-0.05, 0) is 40.2 Å². The molecule has 0 spiro atoms. The number of nitrogens with one attached hydrogen (secondary N) is 1. The summed E-state index contributed by atoms with van der Waals surface area (Å²) in [4.78, 5) is 27.3. The maximum Gasteiger partial charge on any atom is 0.408 e. The molecule has 144 valence electrons. The number of benzene rings is 1. The van der Waals surface area contributed by atoms with Crippen molar-refractivity contribution in [2.75, 3.05) is 19.8 Å². The minimum atomic E-state index is -0.690. The summed E-state index contributed by atoms with van der Waals surface area (Å²) in [5.41, 5.74) is -0.0595. The van der Waals surface area contributed by atoms with E-state index < -0.39 is 23.3 Å². The second-order valence-electron chi connectivity index (χ2n) is 8.24. The monoisotopic (exact) mass is 362 g/mol. The molecule has 0 radical (unpaired) electrons. The van der Waals surface area contributed by atoms with Gasteiger partial charge in [0.2, 0.25) is 5.91 Å². The van der Waals surface area contributed by atoms with Crippen LogP contribution in [0.3, 0.4) is 0 Å². The normalized spacial score (nSPS) is 18.1. The Bertz CT molecular complexity index is 622. The Hall–Kier alpha value is -2.08. The fraction of sp³-hybridized carbons (Fsp3) is 0.600. The molecule has 1 heterocycles. The molecule has 26 heavy (non-hydrogen) atoms. The molecule has 6 heteroatoms. The molecular formula is C20H30N2O4. The highest BCUT2D eigenvalue weighted by Crippen LogP contribution is 2.21. The second kappa shape index (κ2) is 8.08. The van der Waals surface area contributed by atoms with E-state index >= 15 is 0 Å². The number of ether oxygens (including phenoxy) is 2. The lowest BCUT2D eigenvalue weighted by Crippen LogP contribution is -2.61. The Balaban J connectivity index is 2.18. The number of carbonyl (C=O) groups excluding carboxylic acids is 2. The standard InChI is InChI=1S/C20H30N2O4/c1-19(2,3)26-18(24)21-16(13-15-9-7-6-8-10-15)17(23)22-11-12-25-14-20(22,4)5/h6-10,16H,11-14H2,1-5H3,(H,21,24). The summed E-state index contributed by atoms with van der Waals surface area (Å²) in [5, 5.41) is 2.76. The molecule has 1 aliphatic heterocycles. The molecule has 0 aliphatic carbocycles. The molecule has 1 aliphatic rings. The van der Waals surface area contributed by atoms with Crippen molar-refractivity contribution in [2.45, 2.75) is 58.2 Å². The largest absolute Gasteiger partial charge is 0.444 e. The van der Waals surface area contributed by atoms with Crippen LogP contribution >= 0.6 is 0 Å². The maximum atomic E-state index is 13.2. The predicted molar refractivity (Wildman–Crippen MR) is 99.9 cm³/mol. The molecule has 2 amide bonds. The van der Waals surface area contributed by atoms with Gasteiger partial charge in [-0.15, -0.1) is 0 Å². The average molecular weight is 362 g/mol. The highest BCUT2D eigenvalue weighted by Gasteiger charge is 2.38. The number of amides is 2. The lowest BCUT2D eigenvalue weighted by atomic mass is 9.98. The van der Waals surface area contributed by atoms with Gasteiger partial charge >= 0.3 is 6.09 Å². The van der Waals surface area contributed by atoms with Crippen LogP contribution in [0.5, 0.6) is 0 Å². The SMILES string of the molecule is CC(C)(C)OC(=O)NC(Cc1ccccc1)C(=O)N1CCOCC1(C)C. The number of morpholine rings is 1. The smallest absolute Gasteiger partial charge is 0.408 e. The molecule has 1 unspecified atom stereocenters. The third-order valence-corrected chi connectivity index (χ3v) is 4.18. The van der Waals surface area contributed by atoms with Gasteiger partial charge in [0.15, 0.2) is 0 Å². The minimum absolute atomic E-state index is 0.118. The van der Waals surface area contributed by atoms with E-state index in [0.717, 1.165) is 5.56 Å². The Morgan fingerprint density at radius 3 is 2.50 bits per heavy atom. The van der Waals surface area contributed by atoms with Gasteiger partial charge in [-0.1, -0.05) is 30.3 Å². The van der Waals surface area contributed by atoms with E-state index in [9.17, 15) is 9.59 Å². The van der Waals surface area contributed by atoms with Crippen molar-refractivity contribution in [3.8, 4) is 0 Å². The topological polar surface area (TPSA) is 67.9 Å². The van der Waals surface area contributed by atoms with Gasteiger partial charge in [0.25, 0.3) is 0 Å². The van der Waals surface area contributed by atoms with Crippen molar-refractivity contribution in [2.24, 2.45) is 0 Å². The summed E-state index contributed by atoms with van der Waals surface area (Å²) in [6, 6.07) is 8.96. The molecule has 1 atom stereocenters. The van der Waals surface area contributed by atoms with Gasteiger partial charge < -0.3 is 19.7 Å². The number of rotatable bonds is 4. The Kier molecular flexibility index (Phi) is 6.29. The average Bonchev–Trinajstić information content (AvgIpc) is 2.52. The Morgan fingerprint density at radius 2 is 1.92 bits per heavy atom. The van der Waals surface area contributed by atoms with Crippen molar-refractivity contribution in [3.63, 3.8) is 0 Å². The number of alkyl carbamates (subject to hydrolysis) is 1. The van der Waals surface area contributed by atoms with Gasteiger partial charge in [-0.25, -0.2) is 4.79 Å². The zero-order chi connectivity index (χ0) is 19.4. The maximum absolute atomic E-state index is 13.2. The minimum Gasteiger partial charge on any atom is -0.444 e. The van der Waals surface area contributed by atoms with Gasteiger partial charge in [0, 0.05) is 13.0 Å². The van der Waals surface area contributed by atoms with Gasteiger partial charge in [0.05, 0.1) is 18.8 Å². The van der Waals surface area contributed by atoms with Crippen molar-refractivity contribution >= 4 is 12.0 Å². The Morgan fingerprint density at radius 1 is 1.27 bits per heavy atom. The van der Waals surface area contributed by atoms with E-state index in [4.69, 9.17) is 9.47 Å². The molecule has 1 aromatic rings.